The van der Waals surface area contributed by atoms with Crippen LogP contribution >= 0.6 is 0 Å². The largest absolute Gasteiger partial charge is 0.355 e. The maximum absolute atomic E-state index is 11.4. The van der Waals surface area contributed by atoms with Crippen LogP contribution in [0.1, 0.15) is 19.8 Å². The van der Waals surface area contributed by atoms with E-state index in [0.717, 1.165) is 32.5 Å². The van der Waals surface area contributed by atoms with Crippen LogP contribution in [0.3, 0.4) is 0 Å². The third kappa shape index (κ3) is 2.07. The second kappa shape index (κ2) is 4.28. The minimum atomic E-state index is 0.0561. The fourth-order valence-electron chi connectivity index (χ4n) is 2.27. The molecule has 14 heavy (non-hydrogen) atoms. The standard InChI is InChI=1S/C10H19N3O/c1-7-6-11-4-2-8(7)13-9-3-5-12-10(9)14/h7-9,11,13H,2-6H2,1H3,(H,12,14). The van der Waals surface area contributed by atoms with Crippen LogP contribution in [0.5, 0.6) is 0 Å². The van der Waals surface area contributed by atoms with Gasteiger partial charge in [0.15, 0.2) is 0 Å². The van der Waals surface area contributed by atoms with E-state index in [4.69, 9.17) is 0 Å². The number of piperidine rings is 1. The van der Waals surface area contributed by atoms with Gasteiger partial charge in [0.2, 0.25) is 5.91 Å². The van der Waals surface area contributed by atoms with Gasteiger partial charge in [-0.25, -0.2) is 0 Å². The van der Waals surface area contributed by atoms with Gasteiger partial charge in [-0.05, 0) is 31.8 Å². The predicted octanol–water partition coefficient (Wildman–Crippen LogP) is -0.537. The van der Waals surface area contributed by atoms with Gasteiger partial charge in [-0.15, -0.1) is 0 Å². The number of carbonyl (C=O) groups is 1. The van der Waals surface area contributed by atoms with Crippen molar-refractivity contribution in [3.63, 3.8) is 0 Å². The number of hydrogen-bond donors (Lipinski definition) is 3. The van der Waals surface area contributed by atoms with Gasteiger partial charge in [-0.2, -0.15) is 0 Å². The molecule has 3 atom stereocenters. The van der Waals surface area contributed by atoms with Crippen LogP contribution in [0, 0.1) is 5.92 Å². The lowest BCUT2D eigenvalue weighted by molar-refractivity contribution is -0.121. The molecule has 0 bridgehead atoms. The summed E-state index contributed by atoms with van der Waals surface area (Å²) in [5, 5.41) is 9.68. The van der Waals surface area contributed by atoms with Gasteiger partial charge in [-0.1, -0.05) is 6.92 Å². The molecule has 3 N–H and O–H groups in total. The van der Waals surface area contributed by atoms with E-state index in [-0.39, 0.29) is 11.9 Å². The van der Waals surface area contributed by atoms with Gasteiger partial charge in [0.05, 0.1) is 6.04 Å². The Hall–Kier alpha value is -0.610. The van der Waals surface area contributed by atoms with E-state index in [9.17, 15) is 4.79 Å². The molecule has 2 heterocycles. The quantitative estimate of drug-likeness (QED) is 0.557. The first-order valence-corrected chi connectivity index (χ1v) is 5.52. The van der Waals surface area contributed by atoms with Gasteiger partial charge in [0.25, 0.3) is 0 Å². The minimum Gasteiger partial charge on any atom is -0.355 e. The van der Waals surface area contributed by atoms with Crippen molar-refractivity contribution in [1.82, 2.24) is 16.0 Å². The van der Waals surface area contributed by atoms with E-state index in [2.05, 4.69) is 22.9 Å². The van der Waals surface area contributed by atoms with Crippen molar-refractivity contribution in [2.45, 2.75) is 31.8 Å². The Morgan fingerprint density at radius 3 is 2.86 bits per heavy atom. The molecule has 1 amide bonds. The molecule has 0 aromatic rings. The van der Waals surface area contributed by atoms with Crippen molar-refractivity contribution in [3.8, 4) is 0 Å². The molecule has 0 aromatic heterocycles. The summed E-state index contributed by atoms with van der Waals surface area (Å²) in [5.41, 5.74) is 0. The Morgan fingerprint density at radius 1 is 1.36 bits per heavy atom. The van der Waals surface area contributed by atoms with Crippen molar-refractivity contribution in [2.75, 3.05) is 19.6 Å². The fourth-order valence-corrected chi connectivity index (χ4v) is 2.27. The maximum Gasteiger partial charge on any atom is 0.237 e. The molecule has 2 fully saturated rings. The molecule has 2 aliphatic rings. The summed E-state index contributed by atoms with van der Waals surface area (Å²) in [4.78, 5) is 11.4. The molecule has 0 aliphatic carbocycles. The van der Waals surface area contributed by atoms with E-state index in [1.807, 2.05) is 0 Å². The molecule has 0 radical (unpaired) electrons. The van der Waals surface area contributed by atoms with Gasteiger partial charge in [0, 0.05) is 12.6 Å². The van der Waals surface area contributed by atoms with Crippen LogP contribution in [0.15, 0.2) is 0 Å². The SMILES string of the molecule is CC1CNCCC1NC1CCNC1=O. The van der Waals surface area contributed by atoms with Crippen molar-refractivity contribution >= 4 is 5.91 Å². The lowest BCUT2D eigenvalue weighted by atomic mass is 9.94. The summed E-state index contributed by atoms with van der Waals surface area (Å²) in [6.45, 7) is 5.19. The Bertz CT molecular complexity index is 219. The van der Waals surface area contributed by atoms with Gasteiger partial charge in [-0.3, -0.25) is 4.79 Å². The van der Waals surface area contributed by atoms with Crippen LogP contribution in [-0.2, 0) is 4.79 Å². The van der Waals surface area contributed by atoms with E-state index in [1.165, 1.54) is 0 Å². The van der Waals surface area contributed by atoms with Crippen molar-refractivity contribution in [3.05, 3.63) is 0 Å². The normalized spacial score (nSPS) is 38.4. The first-order valence-electron chi connectivity index (χ1n) is 5.52. The number of rotatable bonds is 2. The van der Waals surface area contributed by atoms with Crippen molar-refractivity contribution < 1.29 is 4.79 Å². The van der Waals surface area contributed by atoms with E-state index in [1.54, 1.807) is 0 Å². The van der Waals surface area contributed by atoms with Crippen LogP contribution in [0.2, 0.25) is 0 Å². The molecular weight excluding hydrogens is 178 g/mol. The summed E-state index contributed by atoms with van der Waals surface area (Å²) in [6.07, 6.45) is 2.07. The molecule has 2 rings (SSSR count). The smallest absolute Gasteiger partial charge is 0.237 e. The molecule has 0 aromatic carbocycles. The number of carbonyl (C=O) groups excluding carboxylic acids is 1. The van der Waals surface area contributed by atoms with Crippen LogP contribution in [0.25, 0.3) is 0 Å². The topological polar surface area (TPSA) is 53.2 Å². The first-order chi connectivity index (χ1) is 6.77. The fraction of sp³-hybridized carbons (Fsp3) is 0.900. The minimum absolute atomic E-state index is 0.0561. The van der Waals surface area contributed by atoms with Gasteiger partial charge >= 0.3 is 0 Å². The van der Waals surface area contributed by atoms with E-state index < -0.39 is 0 Å². The lowest BCUT2D eigenvalue weighted by Crippen LogP contribution is -2.51. The lowest BCUT2D eigenvalue weighted by Gasteiger charge is -2.31. The van der Waals surface area contributed by atoms with Crippen LogP contribution < -0.4 is 16.0 Å². The maximum atomic E-state index is 11.4. The molecule has 0 saturated carbocycles. The number of nitrogens with one attached hydrogen (secondary N) is 3. The summed E-state index contributed by atoms with van der Waals surface area (Å²) in [6, 6.07) is 0.561. The Labute approximate surface area is 84.8 Å². The molecule has 2 saturated heterocycles. The molecule has 4 nitrogen and oxygen atoms in total. The highest BCUT2D eigenvalue weighted by Crippen LogP contribution is 2.13. The average molecular weight is 197 g/mol. The summed E-state index contributed by atoms with van der Waals surface area (Å²) >= 11 is 0. The van der Waals surface area contributed by atoms with Crippen molar-refractivity contribution in [1.29, 1.82) is 0 Å². The number of hydrogen-bond acceptors (Lipinski definition) is 3. The summed E-state index contributed by atoms with van der Waals surface area (Å²) in [5.74, 6) is 0.799. The van der Waals surface area contributed by atoms with Crippen LogP contribution in [-0.4, -0.2) is 37.6 Å². The highest BCUT2D eigenvalue weighted by Gasteiger charge is 2.29. The third-order valence-electron chi connectivity index (χ3n) is 3.25. The van der Waals surface area contributed by atoms with Gasteiger partial charge in [0.1, 0.15) is 0 Å². The number of amides is 1. The second-order valence-electron chi connectivity index (χ2n) is 4.38. The van der Waals surface area contributed by atoms with E-state index >= 15 is 0 Å². The Kier molecular flexibility index (Phi) is 3.03. The molecule has 4 heteroatoms. The highest BCUT2D eigenvalue weighted by atomic mass is 16.2. The zero-order valence-corrected chi connectivity index (χ0v) is 8.68. The van der Waals surface area contributed by atoms with Crippen LogP contribution in [0.4, 0.5) is 0 Å². The average Bonchev–Trinajstić information content (AvgIpc) is 2.56. The van der Waals surface area contributed by atoms with Crippen molar-refractivity contribution in [2.24, 2.45) is 5.92 Å². The summed E-state index contributed by atoms with van der Waals surface area (Å²) in [7, 11) is 0. The predicted molar refractivity (Wildman–Crippen MR) is 55.0 cm³/mol. The first kappa shape index (κ1) is 9.93. The molecule has 2 aliphatic heterocycles. The second-order valence-corrected chi connectivity index (χ2v) is 4.38. The summed E-state index contributed by atoms with van der Waals surface area (Å²) < 4.78 is 0. The molecule has 0 spiro atoms. The zero-order chi connectivity index (χ0) is 9.97. The zero-order valence-electron chi connectivity index (χ0n) is 8.68. The molecular formula is C10H19N3O. The van der Waals surface area contributed by atoms with Gasteiger partial charge < -0.3 is 16.0 Å². The molecule has 80 valence electrons. The van der Waals surface area contributed by atoms with E-state index in [0.29, 0.717) is 12.0 Å². The highest BCUT2D eigenvalue weighted by molar-refractivity contribution is 5.83. The molecule has 3 unspecified atom stereocenters. The Balaban J connectivity index is 1.86. The third-order valence-corrected chi connectivity index (χ3v) is 3.25. The Morgan fingerprint density at radius 2 is 2.21 bits per heavy atom. The monoisotopic (exact) mass is 197 g/mol.